The summed E-state index contributed by atoms with van der Waals surface area (Å²) in [6.07, 6.45) is 4.52. The molecule has 1 aromatic carbocycles. The number of nitrogens with one attached hydrogen (secondary N) is 1. The van der Waals surface area contributed by atoms with Crippen LogP contribution in [0.25, 0.3) is 6.08 Å². The second-order valence-electron chi connectivity index (χ2n) is 6.54. The van der Waals surface area contributed by atoms with Crippen LogP contribution in [0, 0.1) is 0 Å². The third-order valence-electron chi connectivity index (χ3n) is 3.78. The second kappa shape index (κ2) is 7.64. The Balaban J connectivity index is 3.43. The van der Waals surface area contributed by atoms with Crippen molar-refractivity contribution in [3.05, 3.63) is 40.5 Å². The molecule has 112 valence electrons. The van der Waals surface area contributed by atoms with Crippen molar-refractivity contribution < 1.29 is 0 Å². The predicted octanol–water partition coefficient (Wildman–Crippen LogP) is 5.29. The van der Waals surface area contributed by atoms with Crippen molar-refractivity contribution in [2.45, 2.75) is 59.3 Å². The molecule has 20 heavy (non-hydrogen) atoms. The molecule has 1 aromatic rings. The smallest absolute Gasteiger partial charge is 0.0135 e. The Morgan fingerprint density at radius 1 is 0.900 bits per heavy atom. The van der Waals surface area contributed by atoms with E-state index in [1.54, 1.807) is 0 Å². The first-order chi connectivity index (χ1) is 9.38. The molecule has 0 atom stereocenters. The number of likely N-dealkylation sites (N-methyl/N-ethyl adjacent to an activating group) is 1. The zero-order valence-corrected chi connectivity index (χ0v) is 14.2. The molecular formula is C19H31N. The van der Waals surface area contributed by atoms with E-state index < -0.39 is 0 Å². The summed E-state index contributed by atoms with van der Waals surface area (Å²) in [5, 5.41) is 3.18. The molecular weight excluding hydrogens is 242 g/mol. The molecule has 0 unspecified atom stereocenters. The lowest BCUT2D eigenvalue weighted by atomic mass is 9.84. The van der Waals surface area contributed by atoms with E-state index in [-0.39, 0.29) is 0 Å². The zero-order valence-electron chi connectivity index (χ0n) is 14.2. The first-order valence-corrected chi connectivity index (χ1v) is 7.87. The van der Waals surface area contributed by atoms with Gasteiger partial charge in [0.2, 0.25) is 0 Å². The van der Waals surface area contributed by atoms with Crippen molar-refractivity contribution in [1.82, 2.24) is 5.32 Å². The lowest BCUT2D eigenvalue weighted by Gasteiger charge is -2.21. The van der Waals surface area contributed by atoms with E-state index in [1.165, 1.54) is 22.3 Å². The molecule has 1 nitrogen and oxygen atoms in total. The first kappa shape index (κ1) is 17.0. The molecule has 0 radical (unpaired) electrons. The minimum atomic E-state index is 0.556. The average Bonchev–Trinajstić information content (AvgIpc) is 2.37. The molecule has 1 rings (SSSR count). The second-order valence-corrected chi connectivity index (χ2v) is 6.54. The van der Waals surface area contributed by atoms with Crippen molar-refractivity contribution in [2.75, 3.05) is 13.6 Å². The zero-order chi connectivity index (χ0) is 15.3. The minimum absolute atomic E-state index is 0.556. The van der Waals surface area contributed by atoms with Crippen LogP contribution < -0.4 is 5.32 Å². The van der Waals surface area contributed by atoms with Gasteiger partial charge in [0.25, 0.3) is 0 Å². The van der Waals surface area contributed by atoms with Crippen LogP contribution >= 0.6 is 0 Å². The van der Waals surface area contributed by atoms with Gasteiger partial charge in [0.1, 0.15) is 0 Å². The van der Waals surface area contributed by atoms with Gasteiger partial charge in [-0.15, -0.1) is 0 Å². The highest BCUT2D eigenvalue weighted by Gasteiger charge is 2.15. The molecule has 1 heteroatoms. The maximum atomic E-state index is 3.18. The van der Waals surface area contributed by atoms with E-state index in [2.05, 4.69) is 71.1 Å². The topological polar surface area (TPSA) is 12.0 Å². The van der Waals surface area contributed by atoms with Crippen LogP contribution in [0.2, 0.25) is 0 Å². The summed E-state index contributed by atoms with van der Waals surface area (Å²) in [6.45, 7) is 14.6. The molecule has 0 bridgehead atoms. The van der Waals surface area contributed by atoms with Crippen LogP contribution in [0.3, 0.4) is 0 Å². The molecule has 0 fully saturated rings. The fourth-order valence-electron chi connectivity index (χ4n) is 2.50. The quantitative estimate of drug-likeness (QED) is 0.742. The van der Waals surface area contributed by atoms with Crippen molar-refractivity contribution in [1.29, 1.82) is 0 Å². The Morgan fingerprint density at radius 2 is 1.40 bits per heavy atom. The highest BCUT2D eigenvalue weighted by Crippen LogP contribution is 2.32. The Labute approximate surface area is 125 Å². The maximum Gasteiger partial charge on any atom is 0.0135 e. The van der Waals surface area contributed by atoms with Crippen LogP contribution in [0.4, 0.5) is 0 Å². The molecule has 0 spiro atoms. The number of hydrogen-bond donors (Lipinski definition) is 1. The number of hydrogen-bond acceptors (Lipinski definition) is 1. The van der Waals surface area contributed by atoms with E-state index in [1.807, 2.05) is 7.05 Å². The Bertz CT molecular complexity index is 424. The van der Waals surface area contributed by atoms with Crippen LogP contribution in [-0.4, -0.2) is 13.6 Å². The fraction of sp³-hybridized carbons (Fsp3) is 0.579. The lowest BCUT2D eigenvalue weighted by molar-refractivity contribution is 0.800. The minimum Gasteiger partial charge on any atom is -0.316 e. The van der Waals surface area contributed by atoms with Gasteiger partial charge in [-0.2, -0.15) is 0 Å². The molecule has 0 saturated heterocycles. The fourth-order valence-corrected chi connectivity index (χ4v) is 2.50. The average molecular weight is 273 g/mol. The number of rotatable bonds is 6. The highest BCUT2D eigenvalue weighted by atomic mass is 14.8. The third kappa shape index (κ3) is 4.21. The SMILES string of the molecule is CNCC=Cc1c(C(C)C)cc(C(C)C)cc1C(C)C. The molecule has 0 aliphatic carbocycles. The summed E-state index contributed by atoms with van der Waals surface area (Å²) in [6, 6.07) is 4.81. The molecule has 0 aromatic heterocycles. The summed E-state index contributed by atoms with van der Waals surface area (Å²) in [5.74, 6) is 1.70. The molecule has 0 aliphatic heterocycles. The van der Waals surface area contributed by atoms with E-state index in [0.29, 0.717) is 17.8 Å². The maximum absolute atomic E-state index is 3.18. The van der Waals surface area contributed by atoms with Crippen molar-refractivity contribution in [3.63, 3.8) is 0 Å². The van der Waals surface area contributed by atoms with E-state index in [0.717, 1.165) is 6.54 Å². The standard InChI is InChI=1S/C19H31N/c1-13(2)16-11-18(14(3)4)17(9-8-10-20-7)19(12-16)15(5)6/h8-9,11-15,20H,10H2,1-7H3. The van der Waals surface area contributed by atoms with Gasteiger partial charge in [0.05, 0.1) is 0 Å². The summed E-state index contributed by atoms with van der Waals surface area (Å²) < 4.78 is 0. The normalized spacial score (nSPS) is 12.3. The van der Waals surface area contributed by atoms with Crippen molar-refractivity contribution >= 4 is 6.08 Å². The number of benzene rings is 1. The van der Waals surface area contributed by atoms with Gasteiger partial charge in [-0.25, -0.2) is 0 Å². The molecule has 1 N–H and O–H groups in total. The van der Waals surface area contributed by atoms with E-state index in [4.69, 9.17) is 0 Å². The van der Waals surface area contributed by atoms with Gasteiger partial charge in [-0.05, 0) is 47.1 Å². The lowest BCUT2D eigenvalue weighted by Crippen LogP contribution is -2.06. The van der Waals surface area contributed by atoms with E-state index in [9.17, 15) is 0 Å². The Hall–Kier alpha value is -1.08. The van der Waals surface area contributed by atoms with Crippen LogP contribution in [0.5, 0.6) is 0 Å². The van der Waals surface area contributed by atoms with Crippen molar-refractivity contribution in [3.8, 4) is 0 Å². The Morgan fingerprint density at radius 3 is 1.75 bits per heavy atom. The van der Waals surface area contributed by atoms with Gasteiger partial charge < -0.3 is 5.32 Å². The molecule has 0 saturated carbocycles. The monoisotopic (exact) mass is 273 g/mol. The first-order valence-electron chi connectivity index (χ1n) is 7.87. The van der Waals surface area contributed by atoms with Gasteiger partial charge in [-0.3, -0.25) is 0 Å². The van der Waals surface area contributed by atoms with E-state index >= 15 is 0 Å². The summed E-state index contributed by atoms with van der Waals surface area (Å²) in [5.41, 5.74) is 5.84. The van der Waals surface area contributed by atoms with Crippen molar-refractivity contribution in [2.24, 2.45) is 0 Å². The summed E-state index contributed by atoms with van der Waals surface area (Å²) in [4.78, 5) is 0. The Kier molecular flexibility index (Phi) is 6.48. The van der Waals surface area contributed by atoms with Gasteiger partial charge in [-0.1, -0.05) is 65.8 Å². The molecule has 0 heterocycles. The van der Waals surface area contributed by atoms with Gasteiger partial charge in [0.15, 0.2) is 0 Å². The van der Waals surface area contributed by atoms with Crippen LogP contribution in [-0.2, 0) is 0 Å². The van der Waals surface area contributed by atoms with Gasteiger partial charge >= 0.3 is 0 Å². The van der Waals surface area contributed by atoms with Gasteiger partial charge in [0, 0.05) is 6.54 Å². The summed E-state index contributed by atoms with van der Waals surface area (Å²) in [7, 11) is 1.99. The van der Waals surface area contributed by atoms with Crippen LogP contribution in [0.15, 0.2) is 18.2 Å². The third-order valence-corrected chi connectivity index (χ3v) is 3.78. The molecule has 0 amide bonds. The highest BCUT2D eigenvalue weighted by molar-refractivity contribution is 5.61. The predicted molar refractivity (Wildman–Crippen MR) is 91.7 cm³/mol. The molecule has 0 aliphatic rings. The summed E-state index contributed by atoms with van der Waals surface area (Å²) >= 11 is 0. The largest absolute Gasteiger partial charge is 0.316 e. The van der Waals surface area contributed by atoms with Crippen LogP contribution in [0.1, 0.15) is 81.5 Å².